The van der Waals surface area contributed by atoms with Gasteiger partial charge in [-0.1, -0.05) is 26.2 Å². The lowest BCUT2D eigenvalue weighted by molar-refractivity contribution is -0.142. The second kappa shape index (κ2) is 8.31. The summed E-state index contributed by atoms with van der Waals surface area (Å²) < 4.78 is 0. The van der Waals surface area contributed by atoms with Crippen molar-refractivity contribution in [3.05, 3.63) is 0 Å². The lowest BCUT2D eigenvalue weighted by Crippen LogP contribution is -2.50. The molecular weight excluding hydrogens is 296 g/mol. The van der Waals surface area contributed by atoms with Crippen molar-refractivity contribution in [2.24, 2.45) is 5.92 Å². The molecule has 130 valence electrons. The number of carbonyl (C=O) groups is 3. The number of carboxylic acids is 1. The molecule has 1 aliphatic heterocycles. The van der Waals surface area contributed by atoms with Gasteiger partial charge in [0, 0.05) is 18.5 Å². The van der Waals surface area contributed by atoms with Crippen LogP contribution in [0.15, 0.2) is 0 Å². The number of nitrogens with zero attached hydrogens (tertiary/aromatic N) is 1. The minimum Gasteiger partial charge on any atom is -0.481 e. The molecule has 1 saturated heterocycles. The first-order valence-electron chi connectivity index (χ1n) is 8.85. The zero-order valence-corrected chi connectivity index (χ0v) is 13.9. The van der Waals surface area contributed by atoms with E-state index in [1.807, 2.05) is 6.92 Å². The number of likely N-dealkylation sites (tertiary alicyclic amines) is 1. The Morgan fingerprint density at radius 1 is 1.17 bits per heavy atom. The third kappa shape index (κ3) is 4.69. The van der Waals surface area contributed by atoms with E-state index in [1.54, 1.807) is 4.90 Å². The summed E-state index contributed by atoms with van der Waals surface area (Å²) in [5.41, 5.74) is 0. The van der Waals surface area contributed by atoms with Crippen molar-refractivity contribution >= 4 is 17.8 Å². The van der Waals surface area contributed by atoms with Crippen LogP contribution in [0.25, 0.3) is 0 Å². The van der Waals surface area contributed by atoms with Gasteiger partial charge in [-0.2, -0.15) is 0 Å². The Kier molecular flexibility index (Phi) is 6.42. The molecule has 6 nitrogen and oxygen atoms in total. The van der Waals surface area contributed by atoms with E-state index in [0.29, 0.717) is 19.4 Å². The average Bonchev–Trinajstić information content (AvgIpc) is 3.17. The number of carboxylic acid groups (broad SMARTS) is 1. The minimum absolute atomic E-state index is 0.0666. The first kappa shape index (κ1) is 17.8. The Labute approximate surface area is 137 Å². The summed E-state index contributed by atoms with van der Waals surface area (Å²) in [6.07, 6.45) is 6.96. The number of aliphatic carboxylic acids is 1. The lowest BCUT2D eigenvalue weighted by Gasteiger charge is -2.28. The van der Waals surface area contributed by atoms with Gasteiger partial charge in [-0.05, 0) is 32.1 Å². The quantitative estimate of drug-likeness (QED) is 0.749. The molecule has 1 heterocycles. The zero-order chi connectivity index (χ0) is 16.8. The van der Waals surface area contributed by atoms with Crippen LogP contribution in [-0.2, 0) is 14.4 Å². The topological polar surface area (TPSA) is 86.7 Å². The number of hydrogen-bond donors (Lipinski definition) is 2. The minimum atomic E-state index is -0.908. The Hall–Kier alpha value is -1.59. The molecule has 2 rings (SSSR count). The monoisotopic (exact) mass is 324 g/mol. The molecule has 0 aromatic rings. The summed E-state index contributed by atoms with van der Waals surface area (Å²) in [5, 5.41) is 11.8. The lowest BCUT2D eigenvalue weighted by atomic mass is 10.0. The average molecular weight is 324 g/mol. The Bertz CT molecular complexity index is 446. The smallest absolute Gasteiger partial charge is 0.305 e. The largest absolute Gasteiger partial charge is 0.481 e. The van der Waals surface area contributed by atoms with E-state index in [4.69, 9.17) is 5.11 Å². The summed E-state index contributed by atoms with van der Waals surface area (Å²) >= 11 is 0. The molecule has 1 aliphatic carbocycles. The number of amides is 2. The van der Waals surface area contributed by atoms with Crippen LogP contribution in [0.2, 0.25) is 0 Å². The predicted octanol–water partition coefficient (Wildman–Crippen LogP) is 1.93. The summed E-state index contributed by atoms with van der Waals surface area (Å²) in [6, 6.07) is -0.773. The van der Waals surface area contributed by atoms with Crippen LogP contribution < -0.4 is 5.32 Å². The molecule has 1 saturated carbocycles. The molecule has 2 N–H and O–H groups in total. The Morgan fingerprint density at radius 3 is 2.48 bits per heavy atom. The van der Waals surface area contributed by atoms with Crippen LogP contribution in [0.4, 0.5) is 0 Å². The van der Waals surface area contributed by atoms with Crippen LogP contribution in [0.5, 0.6) is 0 Å². The molecule has 0 aromatic heterocycles. The predicted molar refractivity (Wildman–Crippen MR) is 85.8 cm³/mol. The molecule has 0 aromatic carbocycles. The van der Waals surface area contributed by atoms with Gasteiger partial charge < -0.3 is 15.3 Å². The fourth-order valence-electron chi connectivity index (χ4n) is 3.79. The zero-order valence-electron chi connectivity index (χ0n) is 13.9. The maximum Gasteiger partial charge on any atom is 0.305 e. The molecule has 6 heteroatoms. The van der Waals surface area contributed by atoms with Gasteiger partial charge >= 0.3 is 5.97 Å². The third-order valence-corrected chi connectivity index (χ3v) is 4.95. The molecule has 2 amide bonds. The first-order chi connectivity index (χ1) is 11.0. The second-order valence-corrected chi connectivity index (χ2v) is 6.76. The van der Waals surface area contributed by atoms with E-state index in [-0.39, 0.29) is 30.2 Å². The van der Waals surface area contributed by atoms with Crippen LogP contribution in [-0.4, -0.2) is 46.4 Å². The van der Waals surface area contributed by atoms with E-state index in [9.17, 15) is 14.4 Å². The molecule has 0 bridgehead atoms. The molecule has 0 radical (unpaired) electrons. The molecular formula is C17H28N2O4. The van der Waals surface area contributed by atoms with Gasteiger partial charge in [-0.25, -0.2) is 0 Å². The van der Waals surface area contributed by atoms with Crippen molar-refractivity contribution in [3.63, 3.8) is 0 Å². The van der Waals surface area contributed by atoms with Crippen LogP contribution in [0.1, 0.15) is 64.7 Å². The molecule has 23 heavy (non-hydrogen) atoms. The fraction of sp³-hybridized carbons (Fsp3) is 0.824. The van der Waals surface area contributed by atoms with E-state index in [1.165, 1.54) is 0 Å². The van der Waals surface area contributed by atoms with E-state index in [2.05, 4.69) is 5.32 Å². The Morgan fingerprint density at radius 2 is 1.87 bits per heavy atom. The van der Waals surface area contributed by atoms with Crippen molar-refractivity contribution in [1.29, 1.82) is 0 Å². The number of rotatable bonds is 7. The highest BCUT2D eigenvalue weighted by Crippen LogP contribution is 2.29. The summed E-state index contributed by atoms with van der Waals surface area (Å²) in [6.45, 7) is 2.61. The van der Waals surface area contributed by atoms with Gasteiger partial charge in [0.05, 0.1) is 6.42 Å². The van der Waals surface area contributed by atoms with Crippen molar-refractivity contribution in [1.82, 2.24) is 10.2 Å². The van der Waals surface area contributed by atoms with Crippen molar-refractivity contribution in [3.8, 4) is 0 Å². The highest BCUT2D eigenvalue weighted by Gasteiger charge is 2.38. The third-order valence-electron chi connectivity index (χ3n) is 4.95. The van der Waals surface area contributed by atoms with Gasteiger partial charge in [0.25, 0.3) is 0 Å². The fourth-order valence-corrected chi connectivity index (χ4v) is 3.79. The van der Waals surface area contributed by atoms with Gasteiger partial charge in [-0.3, -0.25) is 14.4 Å². The van der Waals surface area contributed by atoms with Crippen LogP contribution in [0, 0.1) is 5.92 Å². The van der Waals surface area contributed by atoms with E-state index >= 15 is 0 Å². The highest BCUT2D eigenvalue weighted by molar-refractivity contribution is 5.89. The second-order valence-electron chi connectivity index (χ2n) is 6.76. The summed E-state index contributed by atoms with van der Waals surface area (Å²) in [5.74, 6) is -0.901. The van der Waals surface area contributed by atoms with E-state index in [0.717, 1.165) is 38.5 Å². The summed E-state index contributed by atoms with van der Waals surface area (Å²) in [7, 11) is 0. The van der Waals surface area contributed by atoms with Crippen molar-refractivity contribution in [2.75, 3.05) is 6.54 Å². The number of carbonyl (C=O) groups excluding carboxylic acids is 2. The number of nitrogens with one attached hydrogen (secondary N) is 1. The van der Waals surface area contributed by atoms with Gasteiger partial charge in [0.2, 0.25) is 11.8 Å². The maximum absolute atomic E-state index is 12.6. The van der Waals surface area contributed by atoms with Crippen molar-refractivity contribution < 1.29 is 19.5 Å². The molecule has 2 atom stereocenters. The van der Waals surface area contributed by atoms with Gasteiger partial charge in [0.15, 0.2) is 0 Å². The highest BCUT2D eigenvalue weighted by atomic mass is 16.4. The standard InChI is InChI=1S/C17H28N2O4/c1-2-6-13(11-15(20)21)18-16(22)14-9-5-10-19(14)17(23)12-7-3-4-8-12/h12-14H,2-11H2,1H3,(H,18,22)(H,20,21)/t13-,14-/m1/s1. The first-order valence-corrected chi connectivity index (χ1v) is 8.85. The van der Waals surface area contributed by atoms with Crippen molar-refractivity contribution in [2.45, 2.75) is 76.8 Å². The van der Waals surface area contributed by atoms with Crippen LogP contribution in [0.3, 0.4) is 0 Å². The van der Waals surface area contributed by atoms with E-state index < -0.39 is 12.0 Å². The normalized spacial score (nSPS) is 23.0. The molecule has 0 spiro atoms. The Balaban J connectivity index is 1.95. The molecule has 0 unspecified atom stereocenters. The van der Waals surface area contributed by atoms with Gasteiger partial charge in [-0.15, -0.1) is 0 Å². The number of hydrogen-bond acceptors (Lipinski definition) is 3. The SMILES string of the molecule is CCC[C@H](CC(=O)O)NC(=O)[C@H]1CCCN1C(=O)C1CCCC1. The maximum atomic E-state index is 12.6. The summed E-state index contributed by atoms with van der Waals surface area (Å²) in [4.78, 5) is 37.8. The molecule has 2 aliphatic rings. The van der Waals surface area contributed by atoms with Gasteiger partial charge in [0.1, 0.15) is 6.04 Å². The molecule has 2 fully saturated rings. The van der Waals surface area contributed by atoms with Crippen LogP contribution >= 0.6 is 0 Å².